The fourth-order valence-electron chi connectivity index (χ4n) is 0.857. The second-order valence-corrected chi connectivity index (χ2v) is 2.99. The van der Waals surface area contributed by atoms with E-state index in [9.17, 15) is 0 Å². The van der Waals surface area contributed by atoms with Gasteiger partial charge in [-0.25, -0.2) is 0 Å². The van der Waals surface area contributed by atoms with Crippen molar-refractivity contribution < 1.29 is 0 Å². The van der Waals surface area contributed by atoms with Gasteiger partial charge in [0.25, 0.3) is 0 Å². The van der Waals surface area contributed by atoms with Crippen LogP contribution in [0.15, 0.2) is 35.1 Å². The van der Waals surface area contributed by atoms with Crippen molar-refractivity contribution in [3.05, 3.63) is 35.1 Å². The molecule has 0 fully saturated rings. The Hall–Kier alpha value is -0.980. The van der Waals surface area contributed by atoms with Crippen molar-refractivity contribution in [3.63, 3.8) is 0 Å². The molecule has 0 rings (SSSR count). The summed E-state index contributed by atoms with van der Waals surface area (Å²) in [5.74, 6) is 0. The van der Waals surface area contributed by atoms with Gasteiger partial charge in [0, 0.05) is 6.20 Å². The highest BCUT2D eigenvalue weighted by Gasteiger charge is 2.00. The van der Waals surface area contributed by atoms with Gasteiger partial charge in [-0.15, -0.1) is 0 Å². The van der Waals surface area contributed by atoms with Crippen LogP contribution >= 0.6 is 0 Å². The molecule has 0 aromatic carbocycles. The molecule has 62 valence electrons. The maximum Gasteiger partial charge on any atom is 0.00166 e. The lowest BCUT2D eigenvalue weighted by Crippen LogP contribution is -1.93. The van der Waals surface area contributed by atoms with Crippen molar-refractivity contribution in [2.24, 2.45) is 5.73 Å². The van der Waals surface area contributed by atoms with Gasteiger partial charge < -0.3 is 5.73 Å². The molecular weight excluding hydrogens is 134 g/mol. The topological polar surface area (TPSA) is 26.0 Å². The second-order valence-electron chi connectivity index (χ2n) is 2.99. The van der Waals surface area contributed by atoms with Gasteiger partial charge in [-0.3, -0.25) is 0 Å². The van der Waals surface area contributed by atoms with Gasteiger partial charge in [0.05, 0.1) is 0 Å². The maximum absolute atomic E-state index is 5.46. The molecule has 2 N–H and O–H groups in total. The summed E-state index contributed by atoms with van der Waals surface area (Å²) in [5.41, 5.74) is 10.0. The largest absolute Gasteiger partial charge is 0.404 e. The van der Waals surface area contributed by atoms with Crippen LogP contribution in [0.3, 0.4) is 0 Å². The Morgan fingerprint density at radius 2 is 1.64 bits per heavy atom. The molecule has 0 saturated carbocycles. The predicted octanol–water partition coefficient (Wildman–Crippen LogP) is 2.76. The summed E-state index contributed by atoms with van der Waals surface area (Å²) < 4.78 is 0. The highest BCUT2D eigenvalue weighted by Crippen LogP contribution is 2.18. The van der Waals surface area contributed by atoms with Crippen LogP contribution in [0, 0.1) is 0 Å². The fraction of sp³-hybridized carbons (Fsp3) is 0.400. The van der Waals surface area contributed by atoms with Crippen LogP contribution in [0.5, 0.6) is 0 Å². The fourth-order valence-corrected chi connectivity index (χ4v) is 0.857. The normalized spacial score (nSPS) is 11.1. The Kier molecular flexibility index (Phi) is 3.66. The first kappa shape index (κ1) is 10.0. The minimum absolute atomic E-state index is 1.02. The number of hydrogen-bond acceptors (Lipinski definition) is 1. The van der Waals surface area contributed by atoms with E-state index in [0.717, 1.165) is 11.1 Å². The van der Waals surface area contributed by atoms with Crippen LogP contribution < -0.4 is 5.73 Å². The number of allylic oxidation sites excluding steroid dienone is 4. The van der Waals surface area contributed by atoms with E-state index in [1.165, 1.54) is 11.1 Å². The van der Waals surface area contributed by atoms with Crippen molar-refractivity contribution in [3.8, 4) is 0 Å². The van der Waals surface area contributed by atoms with E-state index in [1.807, 2.05) is 6.92 Å². The molecule has 0 amide bonds. The van der Waals surface area contributed by atoms with E-state index in [-0.39, 0.29) is 0 Å². The summed E-state index contributed by atoms with van der Waals surface area (Å²) in [6.45, 7) is 12.0. The Morgan fingerprint density at radius 3 is 1.73 bits per heavy atom. The minimum atomic E-state index is 1.02. The molecule has 0 bridgehead atoms. The van der Waals surface area contributed by atoms with Crippen LogP contribution in [0.2, 0.25) is 0 Å². The molecule has 1 heteroatoms. The van der Waals surface area contributed by atoms with E-state index in [2.05, 4.69) is 27.4 Å². The monoisotopic (exact) mass is 151 g/mol. The summed E-state index contributed by atoms with van der Waals surface area (Å²) in [6.07, 6.45) is 1.62. The Morgan fingerprint density at radius 1 is 1.18 bits per heavy atom. The molecule has 0 heterocycles. The first-order valence-corrected chi connectivity index (χ1v) is 3.73. The van der Waals surface area contributed by atoms with E-state index < -0.39 is 0 Å². The molecule has 0 radical (unpaired) electrons. The summed E-state index contributed by atoms with van der Waals surface area (Å²) >= 11 is 0. The first-order chi connectivity index (χ1) is 5.00. The third-order valence-corrected chi connectivity index (χ3v) is 1.78. The molecule has 0 aliphatic heterocycles. The molecule has 0 aromatic heterocycles. The Bertz CT molecular complexity index is 215. The average molecular weight is 151 g/mol. The third-order valence-electron chi connectivity index (χ3n) is 1.78. The minimum Gasteiger partial charge on any atom is -0.404 e. The van der Waals surface area contributed by atoms with Crippen LogP contribution in [-0.2, 0) is 0 Å². The van der Waals surface area contributed by atoms with Crippen LogP contribution in [-0.4, -0.2) is 0 Å². The van der Waals surface area contributed by atoms with Gasteiger partial charge in [-0.2, -0.15) is 0 Å². The van der Waals surface area contributed by atoms with Crippen molar-refractivity contribution in [2.75, 3.05) is 0 Å². The van der Waals surface area contributed by atoms with Crippen molar-refractivity contribution in [1.82, 2.24) is 0 Å². The smallest absolute Gasteiger partial charge is 0.00166 e. The third kappa shape index (κ3) is 2.62. The zero-order chi connectivity index (χ0) is 9.02. The van der Waals surface area contributed by atoms with Gasteiger partial charge in [-0.05, 0) is 44.4 Å². The van der Waals surface area contributed by atoms with E-state index in [4.69, 9.17) is 5.73 Å². The maximum atomic E-state index is 5.46. The predicted molar refractivity (Wildman–Crippen MR) is 51.1 cm³/mol. The van der Waals surface area contributed by atoms with Crippen LogP contribution in [0.4, 0.5) is 0 Å². The zero-order valence-electron chi connectivity index (χ0n) is 7.86. The summed E-state index contributed by atoms with van der Waals surface area (Å²) in [7, 11) is 0. The van der Waals surface area contributed by atoms with Gasteiger partial charge in [0.2, 0.25) is 0 Å². The average Bonchev–Trinajstić information content (AvgIpc) is 1.88. The van der Waals surface area contributed by atoms with E-state index in [1.54, 1.807) is 6.20 Å². The lowest BCUT2D eigenvalue weighted by molar-refractivity contribution is 1.21. The molecule has 0 aliphatic rings. The Labute approximate surface area is 69.3 Å². The van der Waals surface area contributed by atoms with Gasteiger partial charge >= 0.3 is 0 Å². The summed E-state index contributed by atoms with van der Waals surface area (Å²) in [5, 5.41) is 0. The molecule has 0 aromatic rings. The standard InChI is InChI=1S/C10H17N/c1-7(2)9(5)10(6-11)8(3)4/h6H,3,11H2,1-2,4-5H3/b10-6-. The lowest BCUT2D eigenvalue weighted by atomic mass is 9.99. The molecule has 0 spiro atoms. The van der Waals surface area contributed by atoms with Gasteiger partial charge in [0.15, 0.2) is 0 Å². The molecule has 11 heavy (non-hydrogen) atoms. The molecule has 0 unspecified atom stereocenters. The molecular formula is C10H17N. The van der Waals surface area contributed by atoms with Gasteiger partial charge in [0.1, 0.15) is 0 Å². The zero-order valence-corrected chi connectivity index (χ0v) is 7.86. The van der Waals surface area contributed by atoms with Gasteiger partial charge in [-0.1, -0.05) is 12.2 Å². The summed E-state index contributed by atoms with van der Waals surface area (Å²) in [6, 6.07) is 0. The molecule has 0 aliphatic carbocycles. The van der Waals surface area contributed by atoms with E-state index >= 15 is 0 Å². The number of nitrogens with two attached hydrogens (primary N) is 1. The Balaban J connectivity index is 4.85. The van der Waals surface area contributed by atoms with Crippen LogP contribution in [0.1, 0.15) is 27.7 Å². The highest BCUT2D eigenvalue weighted by atomic mass is 14.5. The quantitative estimate of drug-likeness (QED) is 0.603. The van der Waals surface area contributed by atoms with Crippen molar-refractivity contribution in [1.29, 1.82) is 0 Å². The van der Waals surface area contributed by atoms with Crippen molar-refractivity contribution in [2.45, 2.75) is 27.7 Å². The van der Waals surface area contributed by atoms with E-state index in [0.29, 0.717) is 0 Å². The molecule has 0 saturated heterocycles. The van der Waals surface area contributed by atoms with Crippen LogP contribution in [0.25, 0.3) is 0 Å². The summed E-state index contributed by atoms with van der Waals surface area (Å²) in [4.78, 5) is 0. The lowest BCUT2D eigenvalue weighted by Gasteiger charge is -2.07. The second kappa shape index (κ2) is 4.02. The SMILES string of the molecule is C=C(C)/C(=C/N)C(C)=C(C)C. The number of hydrogen-bond donors (Lipinski definition) is 1. The highest BCUT2D eigenvalue weighted by molar-refractivity contribution is 5.44. The molecule has 0 atom stereocenters. The number of rotatable bonds is 2. The van der Waals surface area contributed by atoms with Crippen molar-refractivity contribution >= 4 is 0 Å². The first-order valence-electron chi connectivity index (χ1n) is 3.73. The molecule has 1 nitrogen and oxygen atoms in total.